The number of rotatable bonds is 2. The van der Waals surface area contributed by atoms with Crippen molar-refractivity contribution in [3.8, 4) is 0 Å². The van der Waals surface area contributed by atoms with Crippen LogP contribution in [0.3, 0.4) is 0 Å². The highest BCUT2D eigenvalue weighted by Gasteiger charge is 2.35. The van der Waals surface area contributed by atoms with Crippen molar-refractivity contribution in [1.82, 2.24) is 4.90 Å². The number of carboxylic acids is 1. The molecule has 0 aliphatic carbocycles. The van der Waals surface area contributed by atoms with Gasteiger partial charge in [-0.05, 0) is 24.6 Å². The monoisotopic (exact) mass is 269 g/mol. The second kappa shape index (κ2) is 4.97. The summed E-state index contributed by atoms with van der Waals surface area (Å²) in [6.45, 7) is 1.73. The van der Waals surface area contributed by atoms with E-state index in [9.17, 15) is 14.0 Å². The molecule has 1 fully saturated rings. The van der Waals surface area contributed by atoms with Gasteiger partial charge in [0.2, 0.25) is 0 Å². The van der Waals surface area contributed by atoms with E-state index >= 15 is 0 Å². The number of nitrogens with zero attached hydrogens (tertiary/aromatic N) is 1. The summed E-state index contributed by atoms with van der Waals surface area (Å²) in [4.78, 5) is 24.3. The van der Waals surface area contributed by atoms with Gasteiger partial charge in [0.05, 0.1) is 11.4 Å². The van der Waals surface area contributed by atoms with E-state index in [1.54, 1.807) is 13.0 Å². The summed E-state index contributed by atoms with van der Waals surface area (Å²) in [5.41, 5.74) is 0.643. The lowest BCUT2D eigenvalue weighted by Gasteiger charge is -2.20. The van der Waals surface area contributed by atoms with Crippen LogP contribution in [-0.2, 0) is 4.79 Å². The van der Waals surface area contributed by atoms with Gasteiger partial charge in [-0.1, -0.05) is 6.07 Å². The van der Waals surface area contributed by atoms with Crippen molar-refractivity contribution in [2.45, 2.75) is 13.0 Å². The molecule has 0 bridgehead atoms. The van der Waals surface area contributed by atoms with Crippen molar-refractivity contribution in [3.63, 3.8) is 0 Å². The van der Waals surface area contributed by atoms with Gasteiger partial charge in [0.15, 0.2) is 0 Å². The third-order valence-corrected chi connectivity index (χ3v) is 3.80. The second-order valence-corrected chi connectivity index (χ2v) is 5.11. The Kier molecular flexibility index (Phi) is 3.56. The Balaban J connectivity index is 2.28. The zero-order valence-electron chi connectivity index (χ0n) is 9.72. The number of hydrogen-bond donors (Lipinski definition) is 1. The highest BCUT2D eigenvalue weighted by molar-refractivity contribution is 7.99. The topological polar surface area (TPSA) is 57.6 Å². The predicted octanol–water partition coefficient (Wildman–Crippen LogP) is 1.73. The van der Waals surface area contributed by atoms with Crippen LogP contribution in [-0.4, -0.2) is 39.6 Å². The molecule has 1 aliphatic heterocycles. The molecule has 1 amide bonds. The molecule has 1 heterocycles. The van der Waals surface area contributed by atoms with Gasteiger partial charge in [0.1, 0.15) is 11.9 Å². The highest BCUT2D eigenvalue weighted by Crippen LogP contribution is 2.24. The van der Waals surface area contributed by atoms with Crippen LogP contribution in [0.2, 0.25) is 0 Å². The van der Waals surface area contributed by atoms with Gasteiger partial charge < -0.3 is 10.0 Å². The molecule has 0 aromatic heterocycles. The van der Waals surface area contributed by atoms with Crippen LogP contribution in [0, 0.1) is 12.7 Å². The summed E-state index contributed by atoms with van der Waals surface area (Å²) in [6, 6.07) is 3.43. The smallest absolute Gasteiger partial charge is 0.327 e. The van der Waals surface area contributed by atoms with E-state index in [4.69, 9.17) is 5.11 Å². The first-order chi connectivity index (χ1) is 8.50. The van der Waals surface area contributed by atoms with Gasteiger partial charge in [-0.25, -0.2) is 9.18 Å². The number of benzene rings is 1. The molecular weight excluding hydrogens is 257 g/mol. The third-order valence-electron chi connectivity index (χ3n) is 2.78. The quantitative estimate of drug-likeness (QED) is 0.888. The van der Waals surface area contributed by atoms with Crippen LogP contribution >= 0.6 is 11.8 Å². The van der Waals surface area contributed by atoms with Crippen LogP contribution < -0.4 is 0 Å². The molecule has 1 N–H and O–H groups in total. The van der Waals surface area contributed by atoms with Crippen molar-refractivity contribution in [2.24, 2.45) is 0 Å². The summed E-state index contributed by atoms with van der Waals surface area (Å²) in [6.07, 6.45) is 0. The fraction of sp³-hybridized carbons (Fsp3) is 0.333. The molecule has 0 spiro atoms. The second-order valence-electron chi connectivity index (χ2n) is 4.11. The molecule has 1 saturated heterocycles. The maximum Gasteiger partial charge on any atom is 0.327 e. The lowest BCUT2D eigenvalue weighted by Crippen LogP contribution is -2.42. The van der Waals surface area contributed by atoms with E-state index in [1.165, 1.54) is 28.8 Å². The molecule has 1 aromatic carbocycles. The molecule has 18 heavy (non-hydrogen) atoms. The Hall–Kier alpha value is -1.56. The van der Waals surface area contributed by atoms with Crippen molar-refractivity contribution in [1.29, 1.82) is 0 Å². The summed E-state index contributed by atoms with van der Waals surface area (Å²) in [7, 11) is 0. The molecule has 0 saturated carbocycles. The Morgan fingerprint density at radius 1 is 1.50 bits per heavy atom. The van der Waals surface area contributed by atoms with Crippen LogP contribution in [0.1, 0.15) is 15.9 Å². The first kappa shape index (κ1) is 12.9. The zero-order chi connectivity index (χ0) is 13.3. The van der Waals surface area contributed by atoms with E-state index in [-0.39, 0.29) is 11.4 Å². The largest absolute Gasteiger partial charge is 0.480 e. The average Bonchev–Trinajstić information content (AvgIpc) is 2.77. The van der Waals surface area contributed by atoms with Gasteiger partial charge in [-0.15, -0.1) is 11.8 Å². The summed E-state index contributed by atoms with van der Waals surface area (Å²) in [5, 5.41) is 8.99. The van der Waals surface area contributed by atoms with Crippen molar-refractivity contribution < 1.29 is 19.1 Å². The van der Waals surface area contributed by atoms with Gasteiger partial charge >= 0.3 is 5.97 Å². The van der Waals surface area contributed by atoms with Crippen LogP contribution in [0.5, 0.6) is 0 Å². The molecule has 4 nitrogen and oxygen atoms in total. The molecule has 1 atom stereocenters. The third kappa shape index (κ3) is 2.33. The lowest BCUT2D eigenvalue weighted by atomic mass is 10.1. The number of carbonyl (C=O) groups excluding carboxylic acids is 1. The zero-order valence-corrected chi connectivity index (χ0v) is 10.5. The van der Waals surface area contributed by atoms with E-state index in [2.05, 4.69) is 0 Å². The van der Waals surface area contributed by atoms with Crippen molar-refractivity contribution >= 4 is 23.6 Å². The molecule has 96 valence electrons. The molecule has 1 aliphatic rings. The number of hydrogen-bond acceptors (Lipinski definition) is 3. The minimum Gasteiger partial charge on any atom is -0.480 e. The maximum absolute atomic E-state index is 13.7. The Labute approximate surface area is 108 Å². The Morgan fingerprint density at radius 3 is 2.83 bits per heavy atom. The summed E-state index contributed by atoms with van der Waals surface area (Å²) < 4.78 is 13.7. The number of aryl methyl sites for hydroxylation is 1. The molecule has 1 aromatic rings. The predicted molar refractivity (Wildman–Crippen MR) is 66.1 cm³/mol. The first-order valence-corrected chi connectivity index (χ1v) is 6.54. The minimum absolute atomic E-state index is 0.0747. The van der Waals surface area contributed by atoms with Gasteiger partial charge in [0.25, 0.3) is 5.91 Å². The van der Waals surface area contributed by atoms with E-state index in [0.717, 1.165) is 5.56 Å². The number of carboxylic acid groups (broad SMARTS) is 1. The van der Waals surface area contributed by atoms with Crippen molar-refractivity contribution in [2.75, 3.05) is 11.6 Å². The molecule has 1 unspecified atom stereocenters. The summed E-state index contributed by atoms with van der Waals surface area (Å²) >= 11 is 1.35. The van der Waals surface area contributed by atoms with Crippen LogP contribution in [0.25, 0.3) is 0 Å². The van der Waals surface area contributed by atoms with E-state index in [1.807, 2.05) is 0 Å². The molecule has 0 radical (unpaired) electrons. The SMILES string of the molecule is Cc1ccc(C(=O)N2CSCC2C(=O)O)c(F)c1. The molecule has 2 rings (SSSR count). The Morgan fingerprint density at radius 2 is 2.22 bits per heavy atom. The average molecular weight is 269 g/mol. The van der Waals surface area contributed by atoms with E-state index < -0.39 is 23.7 Å². The first-order valence-electron chi connectivity index (χ1n) is 5.38. The molecular formula is C12H12FNO3S. The van der Waals surface area contributed by atoms with E-state index in [0.29, 0.717) is 5.75 Å². The number of halogens is 1. The fourth-order valence-electron chi connectivity index (χ4n) is 1.80. The standard InChI is InChI=1S/C12H12FNO3S/c1-7-2-3-8(9(13)4-7)11(15)14-6-18-5-10(14)12(16)17/h2-4,10H,5-6H2,1H3,(H,16,17). The number of amides is 1. The van der Waals surface area contributed by atoms with Crippen LogP contribution in [0.15, 0.2) is 18.2 Å². The number of thioether (sulfide) groups is 1. The van der Waals surface area contributed by atoms with Gasteiger partial charge in [0, 0.05) is 5.75 Å². The Bertz CT molecular complexity index is 506. The van der Waals surface area contributed by atoms with Gasteiger partial charge in [-0.2, -0.15) is 0 Å². The molecule has 6 heteroatoms. The minimum atomic E-state index is -1.05. The number of carbonyl (C=O) groups is 2. The van der Waals surface area contributed by atoms with Gasteiger partial charge in [-0.3, -0.25) is 4.79 Å². The number of aliphatic carboxylic acids is 1. The van der Waals surface area contributed by atoms with Crippen molar-refractivity contribution in [3.05, 3.63) is 35.1 Å². The normalized spacial score (nSPS) is 19.0. The highest BCUT2D eigenvalue weighted by atomic mass is 32.2. The van der Waals surface area contributed by atoms with Crippen LogP contribution in [0.4, 0.5) is 4.39 Å². The lowest BCUT2D eigenvalue weighted by molar-refractivity contribution is -0.140. The summed E-state index contributed by atoms with van der Waals surface area (Å²) in [5.74, 6) is -1.61. The maximum atomic E-state index is 13.7. The fourth-order valence-corrected chi connectivity index (χ4v) is 2.94.